The molecule has 1 aromatic heterocycles. The molecule has 1 aromatic rings. The first-order chi connectivity index (χ1) is 8.34. The van der Waals surface area contributed by atoms with Gasteiger partial charge in [0.05, 0.1) is 0 Å². The molecule has 4 atom stereocenters. The van der Waals surface area contributed by atoms with Crippen LogP contribution in [0.3, 0.4) is 0 Å². The second-order valence-corrected chi connectivity index (χ2v) is 6.89. The van der Waals surface area contributed by atoms with Crippen LogP contribution in [0.2, 0.25) is 0 Å². The summed E-state index contributed by atoms with van der Waals surface area (Å²) >= 11 is 1.73. The van der Waals surface area contributed by atoms with Crippen LogP contribution in [0.25, 0.3) is 0 Å². The molecule has 1 nitrogen and oxygen atoms in total. The maximum atomic E-state index is 12.2. The average molecular weight is 246 g/mol. The number of hydrogen-bond donors (Lipinski definition) is 0. The minimum atomic E-state index is 0.486. The Morgan fingerprint density at radius 2 is 2.06 bits per heavy atom. The number of carbonyl (C=O) groups excluding carboxylic acids is 1. The van der Waals surface area contributed by atoms with E-state index in [0.29, 0.717) is 11.7 Å². The van der Waals surface area contributed by atoms with Gasteiger partial charge in [0.15, 0.2) is 0 Å². The van der Waals surface area contributed by atoms with Crippen molar-refractivity contribution in [3.8, 4) is 0 Å². The smallest absolute Gasteiger partial charge is 0.136 e. The van der Waals surface area contributed by atoms with E-state index >= 15 is 0 Å². The summed E-state index contributed by atoms with van der Waals surface area (Å²) in [6, 6.07) is 2.15. The zero-order chi connectivity index (χ0) is 11.4. The quantitative estimate of drug-likeness (QED) is 0.794. The number of ketones is 1. The topological polar surface area (TPSA) is 17.1 Å². The second kappa shape index (κ2) is 3.68. The van der Waals surface area contributed by atoms with Crippen LogP contribution in [-0.4, -0.2) is 5.78 Å². The van der Waals surface area contributed by atoms with Gasteiger partial charge >= 0.3 is 0 Å². The molecule has 4 rings (SSSR count). The molecular weight excluding hydrogens is 228 g/mol. The standard InChI is InChI=1S/C15H18OS/c16-12(4-1-9-5-6-17-8-9)15-13-10-2-3-11(7-10)14(13)15/h5-6,8,10-11,13-15H,1-4,7H2. The summed E-state index contributed by atoms with van der Waals surface area (Å²) < 4.78 is 0. The summed E-state index contributed by atoms with van der Waals surface area (Å²) in [6.07, 6.45) is 6.03. The molecule has 3 aliphatic carbocycles. The van der Waals surface area contributed by atoms with Crippen LogP contribution >= 0.6 is 11.3 Å². The van der Waals surface area contributed by atoms with E-state index in [1.54, 1.807) is 11.3 Å². The Kier molecular flexibility index (Phi) is 2.23. The molecule has 2 heteroatoms. The maximum Gasteiger partial charge on any atom is 0.136 e. The Labute approximate surface area is 106 Å². The highest BCUT2D eigenvalue weighted by molar-refractivity contribution is 7.07. The predicted octanol–water partition coefficient (Wildman–Crippen LogP) is 3.54. The fourth-order valence-electron chi connectivity index (χ4n) is 4.62. The molecule has 17 heavy (non-hydrogen) atoms. The zero-order valence-corrected chi connectivity index (χ0v) is 10.8. The lowest BCUT2D eigenvalue weighted by Crippen LogP contribution is -2.10. The van der Waals surface area contributed by atoms with Gasteiger partial charge in [-0.15, -0.1) is 0 Å². The van der Waals surface area contributed by atoms with Crippen molar-refractivity contribution >= 4 is 17.1 Å². The van der Waals surface area contributed by atoms with Gasteiger partial charge in [0.25, 0.3) is 0 Å². The highest BCUT2D eigenvalue weighted by Gasteiger charge is 2.66. The third kappa shape index (κ3) is 1.53. The Balaban J connectivity index is 1.37. The summed E-state index contributed by atoms with van der Waals surface area (Å²) in [5.41, 5.74) is 1.34. The van der Waals surface area contributed by atoms with Crippen molar-refractivity contribution in [2.45, 2.75) is 32.1 Å². The average Bonchev–Trinajstić information content (AvgIpc) is 2.80. The predicted molar refractivity (Wildman–Crippen MR) is 68.9 cm³/mol. The summed E-state index contributed by atoms with van der Waals surface area (Å²) in [5, 5.41) is 4.27. The van der Waals surface area contributed by atoms with Gasteiger partial charge < -0.3 is 0 Å². The molecule has 0 spiro atoms. The van der Waals surface area contributed by atoms with Crippen molar-refractivity contribution in [1.82, 2.24) is 0 Å². The second-order valence-electron chi connectivity index (χ2n) is 6.11. The first kappa shape index (κ1) is 10.3. The number of rotatable bonds is 4. The molecule has 1 heterocycles. The van der Waals surface area contributed by atoms with E-state index in [2.05, 4.69) is 16.8 Å². The number of hydrogen-bond acceptors (Lipinski definition) is 2. The van der Waals surface area contributed by atoms with E-state index in [-0.39, 0.29) is 0 Å². The fraction of sp³-hybridized carbons (Fsp3) is 0.667. The molecule has 0 radical (unpaired) electrons. The molecule has 0 N–H and O–H groups in total. The first-order valence-corrected chi connectivity index (χ1v) is 7.82. The van der Waals surface area contributed by atoms with Gasteiger partial charge in [0, 0.05) is 12.3 Å². The lowest BCUT2D eigenvalue weighted by molar-refractivity contribution is -0.121. The number of fused-ring (bicyclic) bond motifs is 5. The van der Waals surface area contributed by atoms with Crippen LogP contribution in [0, 0.1) is 29.6 Å². The lowest BCUT2D eigenvalue weighted by Gasteiger charge is -2.07. The maximum absolute atomic E-state index is 12.2. The SMILES string of the molecule is O=C(CCc1ccsc1)C1C2C3CCC(C3)C12. The van der Waals surface area contributed by atoms with Crippen LogP contribution < -0.4 is 0 Å². The molecule has 90 valence electrons. The van der Waals surface area contributed by atoms with E-state index in [9.17, 15) is 4.79 Å². The van der Waals surface area contributed by atoms with Crippen molar-refractivity contribution in [2.24, 2.45) is 29.6 Å². The third-order valence-corrected chi connectivity index (χ3v) is 6.08. The van der Waals surface area contributed by atoms with E-state index in [1.165, 1.54) is 24.8 Å². The normalized spacial score (nSPS) is 41.5. The zero-order valence-electron chi connectivity index (χ0n) is 9.97. The molecule has 4 unspecified atom stereocenters. The Bertz CT molecular complexity index is 420. The lowest BCUT2D eigenvalue weighted by atomic mass is 9.97. The highest BCUT2D eigenvalue weighted by Crippen LogP contribution is 2.69. The van der Waals surface area contributed by atoms with Crippen LogP contribution in [0.1, 0.15) is 31.2 Å². The van der Waals surface area contributed by atoms with E-state index in [4.69, 9.17) is 0 Å². The molecule has 3 fully saturated rings. The molecule has 0 saturated heterocycles. The van der Waals surface area contributed by atoms with Crippen LogP contribution in [0.15, 0.2) is 16.8 Å². The minimum absolute atomic E-state index is 0.486. The monoisotopic (exact) mass is 246 g/mol. The van der Waals surface area contributed by atoms with Gasteiger partial charge in [-0.05, 0) is 71.7 Å². The number of carbonyl (C=O) groups is 1. The summed E-state index contributed by atoms with van der Waals surface area (Å²) in [5.74, 6) is 4.57. The summed E-state index contributed by atoms with van der Waals surface area (Å²) in [7, 11) is 0. The Hall–Kier alpha value is -0.630. The third-order valence-electron chi connectivity index (χ3n) is 5.35. The van der Waals surface area contributed by atoms with Gasteiger partial charge in [0.2, 0.25) is 0 Å². The van der Waals surface area contributed by atoms with E-state index in [1.807, 2.05) is 0 Å². The highest BCUT2D eigenvalue weighted by atomic mass is 32.1. The van der Waals surface area contributed by atoms with Crippen LogP contribution in [0.4, 0.5) is 0 Å². The molecule has 0 aromatic carbocycles. The molecule has 3 saturated carbocycles. The molecule has 0 amide bonds. The van der Waals surface area contributed by atoms with Crippen molar-refractivity contribution < 1.29 is 4.79 Å². The van der Waals surface area contributed by atoms with Gasteiger partial charge in [-0.25, -0.2) is 0 Å². The molecule has 2 bridgehead atoms. The van der Waals surface area contributed by atoms with Gasteiger partial charge in [-0.2, -0.15) is 11.3 Å². The van der Waals surface area contributed by atoms with Gasteiger partial charge in [0.1, 0.15) is 5.78 Å². The largest absolute Gasteiger partial charge is 0.299 e. The van der Waals surface area contributed by atoms with Crippen molar-refractivity contribution in [2.75, 3.05) is 0 Å². The van der Waals surface area contributed by atoms with Crippen LogP contribution in [-0.2, 0) is 11.2 Å². The summed E-state index contributed by atoms with van der Waals surface area (Å²) in [4.78, 5) is 12.2. The van der Waals surface area contributed by atoms with Crippen molar-refractivity contribution in [3.05, 3.63) is 22.4 Å². The first-order valence-electron chi connectivity index (χ1n) is 6.88. The van der Waals surface area contributed by atoms with Crippen molar-refractivity contribution in [3.63, 3.8) is 0 Å². The molecular formula is C15H18OS. The summed E-state index contributed by atoms with van der Waals surface area (Å²) in [6.45, 7) is 0. The van der Waals surface area contributed by atoms with Crippen molar-refractivity contribution in [1.29, 1.82) is 0 Å². The van der Waals surface area contributed by atoms with Gasteiger partial charge in [-0.3, -0.25) is 4.79 Å². The Morgan fingerprint density at radius 1 is 1.29 bits per heavy atom. The fourth-order valence-corrected chi connectivity index (χ4v) is 5.33. The molecule has 0 aliphatic heterocycles. The Morgan fingerprint density at radius 3 is 2.71 bits per heavy atom. The van der Waals surface area contributed by atoms with E-state index in [0.717, 1.165) is 36.5 Å². The van der Waals surface area contributed by atoms with Gasteiger partial charge in [-0.1, -0.05) is 0 Å². The molecule has 3 aliphatic rings. The van der Waals surface area contributed by atoms with E-state index < -0.39 is 0 Å². The minimum Gasteiger partial charge on any atom is -0.299 e. The van der Waals surface area contributed by atoms with Crippen LogP contribution in [0.5, 0.6) is 0 Å². The number of Topliss-reactive ketones (excluding diaryl/α,β-unsaturated/α-hetero) is 1. The number of aryl methyl sites for hydroxylation is 1. The number of thiophene rings is 1.